The lowest BCUT2D eigenvalue weighted by atomic mass is 9.92. The Kier molecular flexibility index (Phi) is 5.27. The molecule has 3 aromatic rings. The molecule has 0 amide bonds. The van der Waals surface area contributed by atoms with E-state index in [0.29, 0.717) is 46.5 Å². The van der Waals surface area contributed by atoms with E-state index in [0.717, 1.165) is 18.9 Å². The van der Waals surface area contributed by atoms with Crippen LogP contribution >= 0.6 is 11.6 Å². The third-order valence-corrected chi connectivity index (χ3v) is 6.25. The zero-order chi connectivity index (χ0) is 21.4. The molecule has 31 heavy (non-hydrogen) atoms. The van der Waals surface area contributed by atoms with Gasteiger partial charge in [0.2, 0.25) is 11.8 Å². The molecule has 1 aromatic carbocycles. The summed E-state index contributed by atoms with van der Waals surface area (Å²) in [5.74, 6) is 3.68. The average Bonchev–Trinajstić information content (AvgIpc) is 3.21. The fourth-order valence-corrected chi connectivity index (χ4v) is 4.75. The van der Waals surface area contributed by atoms with Gasteiger partial charge in [-0.3, -0.25) is 0 Å². The summed E-state index contributed by atoms with van der Waals surface area (Å²) in [5, 5.41) is 8.68. The fourth-order valence-electron chi connectivity index (χ4n) is 4.56. The van der Waals surface area contributed by atoms with Gasteiger partial charge in [-0.25, -0.2) is 14.6 Å². The molecule has 2 bridgehead atoms. The van der Waals surface area contributed by atoms with Gasteiger partial charge in [0, 0.05) is 37.3 Å². The maximum Gasteiger partial charge on any atom is 0.321 e. The minimum atomic E-state index is 0.321. The second kappa shape index (κ2) is 8.22. The van der Waals surface area contributed by atoms with E-state index >= 15 is 0 Å². The van der Waals surface area contributed by atoms with Crippen molar-refractivity contribution in [3.8, 4) is 17.6 Å². The van der Waals surface area contributed by atoms with E-state index in [1.54, 1.807) is 30.3 Å². The van der Waals surface area contributed by atoms with Crippen LogP contribution in [0.4, 0.5) is 11.8 Å². The molecule has 3 atom stereocenters. The highest BCUT2D eigenvalue weighted by Gasteiger charge is 2.43. The quantitative estimate of drug-likeness (QED) is 0.622. The summed E-state index contributed by atoms with van der Waals surface area (Å²) in [6, 6.07) is 9.87. The van der Waals surface area contributed by atoms with Crippen LogP contribution in [0, 0.1) is 11.8 Å². The molecular weight excluding hydrogens is 418 g/mol. The number of methoxy groups -OCH3 is 1. The highest BCUT2D eigenvalue weighted by molar-refractivity contribution is 6.30. The lowest BCUT2D eigenvalue weighted by Gasteiger charge is -2.38. The van der Waals surface area contributed by atoms with Gasteiger partial charge in [0.1, 0.15) is 17.9 Å². The van der Waals surface area contributed by atoms with Gasteiger partial charge in [-0.2, -0.15) is 4.98 Å². The van der Waals surface area contributed by atoms with Crippen molar-refractivity contribution in [3.05, 3.63) is 41.7 Å². The summed E-state index contributed by atoms with van der Waals surface area (Å²) in [7, 11) is 3.44. The molecule has 162 valence electrons. The number of benzene rings is 1. The Morgan fingerprint density at radius 1 is 1.13 bits per heavy atom. The van der Waals surface area contributed by atoms with Crippen LogP contribution in [0.5, 0.6) is 17.6 Å². The van der Waals surface area contributed by atoms with Crippen molar-refractivity contribution in [3.63, 3.8) is 0 Å². The topological polar surface area (TPSA) is 90.2 Å². The Hall–Kier alpha value is -3.07. The number of nitrogens with one attached hydrogen (secondary N) is 1. The number of piperidine rings is 1. The van der Waals surface area contributed by atoms with Gasteiger partial charge in [0.15, 0.2) is 0 Å². The summed E-state index contributed by atoms with van der Waals surface area (Å²) in [5.41, 5.74) is 0. The molecule has 9 nitrogen and oxygen atoms in total. The predicted octanol–water partition coefficient (Wildman–Crippen LogP) is 3.39. The lowest BCUT2D eigenvalue weighted by Crippen LogP contribution is -2.48. The van der Waals surface area contributed by atoms with Crippen molar-refractivity contribution >= 4 is 23.4 Å². The van der Waals surface area contributed by atoms with Gasteiger partial charge < -0.3 is 19.7 Å². The Morgan fingerprint density at radius 2 is 1.94 bits per heavy atom. The zero-order valence-electron chi connectivity index (χ0n) is 17.4. The van der Waals surface area contributed by atoms with Crippen LogP contribution in [0.25, 0.3) is 0 Å². The van der Waals surface area contributed by atoms with Crippen molar-refractivity contribution in [1.29, 1.82) is 0 Å². The second-order valence-electron chi connectivity index (χ2n) is 7.99. The molecule has 1 aliphatic heterocycles. The molecule has 1 aliphatic carbocycles. The molecule has 0 spiro atoms. The van der Waals surface area contributed by atoms with Gasteiger partial charge >= 0.3 is 6.01 Å². The van der Waals surface area contributed by atoms with Crippen molar-refractivity contribution in [2.45, 2.75) is 18.9 Å². The van der Waals surface area contributed by atoms with E-state index in [-0.39, 0.29) is 0 Å². The van der Waals surface area contributed by atoms with Crippen molar-refractivity contribution in [2.24, 2.45) is 18.9 Å². The summed E-state index contributed by atoms with van der Waals surface area (Å²) in [6.45, 7) is 1.85. The first-order valence-corrected chi connectivity index (χ1v) is 10.7. The van der Waals surface area contributed by atoms with E-state index in [2.05, 4.69) is 30.3 Å². The zero-order valence-corrected chi connectivity index (χ0v) is 18.2. The molecule has 2 fully saturated rings. The number of fused-ring (bicyclic) bond motifs is 2. The third kappa shape index (κ3) is 4.10. The molecule has 5 rings (SSSR count). The van der Waals surface area contributed by atoms with Crippen LogP contribution in [-0.2, 0) is 7.05 Å². The number of halogens is 1. The Morgan fingerprint density at radius 3 is 2.68 bits per heavy atom. The molecule has 3 heterocycles. The maximum atomic E-state index is 6.04. The lowest BCUT2D eigenvalue weighted by molar-refractivity contribution is 0.372. The van der Waals surface area contributed by atoms with E-state index < -0.39 is 0 Å². The van der Waals surface area contributed by atoms with Gasteiger partial charge in [-0.15, -0.1) is 5.10 Å². The SMILES string of the molecule is COc1cc(N2C[C@H]3CC[C@@H](C2)C3Nc2nc(Oc3cccc(Cl)c3)n(C)n2)ncn1. The molecule has 1 unspecified atom stereocenters. The standard InChI is InChI=1S/C21H24ClN7O2/c1-28-21(31-16-5-3-4-15(22)8-16)26-20(27-28)25-19-13-6-7-14(19)11-29(10-13)17-9-18(30-2)24-12-23-17/h3-5,8-9,12-14,19H,6-7,10-11H2,1-2H3,(H,25,27)/t13-,14+,19?. The first-order valence-electron chi connectivity index (χ1n) is 10.3. The van der Waals surface area contributed by atoms with Crippen molar-refractivity contribution < 1.29 is 9.47 Å². The Balaban J connectivity index is 1.27. The highest BCUT2D eigenvalue weighted by Crippen LogP contribution is 2.40. The van der Waals surface area contributed by atoms with E-state index in [1.807, 2.05) is 25.2 Å². The second-order valence-corrected chi connectivity index (χ2v) is 8.43. The average molecular weight is 442 g/mol. The summed E-state index contributed by atoms with van der Waals surface area (Å²) >= 11 is 6.04. The predicted molar refractivity (Wildman–Crippen MR) is 117 cm³/mol. The summed E-state index contributed by atoms with van der Waals surface area (Å²) in [4.78, 5) is 15.4. The number of hydrogen-bond acceptors (Lipinski definition) is 8. The van der Waals surface area contributed by atoms with Gasteiger partial charge in [0.05, 0.1) is 7.11 Å². The number of hydrogen-bond donors (Lipinski definition) is 1. The van der Waals surface area contributed by atoms with Crippen LogP contribution < -0.4 is 19.7 Å². The van der Waals surface area contributed by atoms with Crippen molar-refractivity contribution in [1.82, 2.24) is 24.7 Å². The monoisotopic (exact) mass is 441 g/mol. The number of aromatic nitrogens is 5. The van der Waals surface area contributed by atoms with E-state index in [4.69, 9.17) is 21.1 Å². The minimum absolute atomic E-state index is 0.321. The number of aryl methyl sites for hydroxylation is 1. The molecule has 2 aliphatic rings. The summed E-state index contributed by atoms with van der Waals surface area (Å²) in [6.07, 6.45) is 3.89. The van der Waals surface area contributed by atoms with Crippen LogP contribution in [-0.4, -0.2) is 51.0 Å². The maximum absolute atomic E-state index is 6.04. The van der Waals surface area contributed by atoms with E-state index in [9.17, 15) is 0 Å². The van der Waals surface area contributed by atoms with Crippen LogP contribution in [0.1, 0.15) is 12.8 Å². The first kappa shape index (κ1) is 19.9. The Bertz CT molecular complexity index is 1060. The molecule has 1 saturated heterocycles. The number of anilines is 2. The largest absolute Gasteiger partial charge is 0.481 e. The molecular formula is C21H24ClN7O2. The third-order valence-electron chi connectivity index (χ3n) is 6.02. The molecule has 10 heteroatoms. The van der Waals surface area contributed by atoms with Crippen LogP contribution in [0.15, 0.2) is 36.7 Å². The Labute approximate surface area is 185 Å². The first-order chi connectivity index (χ1) is 15.1. The molecule has 0 radical (unpaired) electrons. The minimum Gasteiger partial charge on any atom is -0.481 e. The van der Waals surface area contributed by atoms with Gasteiger partial charge in [-0.05, 0) is 42.9 Å². The van der Waals surface area contributed by atoms with Gasteiger partial charge in [0.25, 0.3) is 0 Å². The van der Waals surface area contributed by atoms with Crippen molar-refractivity contribution in [2.75, 3.05) is 30.4 Å². The number of rotatable bonds is 6. The molecule has 2 aromatic heterocycles. The molecule has 1 N–H and O–H groups in total. The fraction of sp³-hybridized carbons (Fsp3) is 0.429. The smallest absolute Gasteiger partial charge is 0.321 e. The summed E-state index contributed by atoms with van der Waals surface area (Å²) < 4.78 is 12.7. The van der Waals surface area contributed by atoms with E-state index in [1.165, 1.54) is 12.8 Å². The number of ether oxygens (including phenoxy) is 2. The molecule has 1 saturated carbocycles. The normalized spacial score (nSPS) is 22.4. The van der Waals surface area contributed by atoms with Crippen LogP contribution in [0.2, 0.25) is 5.02 Å². The number of nitrogens with zero attached hydrogens (tertiary/aromatic N) is 6. The highest BCUT2D eigenvalue weighted by atomic mass is 35.5. The van der Waals surface area contributed by atoms with Crippen LogP contribution in [0.3, 0.4) is 0 Å². The van der Waals surface area contributed by atoms with Gasteiger partial charge in [-0.1, -0.05) is 17.7 Å².